The van der Waals surface area contributed by atoms with Crippen LogP contribution in [0.25, 0.3) is 0 Å². The summed E-state index contributed by atoms with van der Waals surface area (Å²) < 4.78 is 0. The van der Waals surface area contributed by atoms with Crippen LogP contribution in [0.3, 0.4) is 0 Å². The maximum absolute atomic E-state index is 10.8. The first kappa shape index (κ1) is 10.7. The Hall–Kier alpha value is -1.32. The third-order valence-electron chi connectivity index (χ3n) is 1.27. The van der Waals surface area contributed by atoms with Crippen LogP contribution < -0.4 is 0 Å². The van der Waals surface area contributed by atoms with E-state index in [1.54, 1.807) is 6.92 Å². The van der Waals surface area contributed by atoms with Gasteiger partial charge in [0.15, 0.2) is 0 Å². The van der Waals surface area contributed by atoms with Crippen LogP contribution in [0.4, 0.5) is 0 Å². The smallest absolute Gasteiger partial charge is 0.145 e. The van der Waals surface area contributed by atoms with Gasteiger partial charge in [0.2, 0.25) is 0 Å². The summed E-state index contributed by atoms with van der Waals surface area (Å²) >= 11 is 0. The number of Topliss-reactive ketones (excluding diaryl/α,β-unsaturated/α-hetero) is 2. The summed E-state index contributed by atoms with van der Waals surface area (Å²) in [5.74, 6) is -1.16. The molecule has 0 aromatic carbocycles. The molecule has 0 aliphatic heterocycles. The lowest BCUT2D eigenvalue weighted by Crippen LogP contribution is -2.20. The van der Waals surface area contributed by atoms with Crippen molar-refractivity contribution in [3.05, 3.63) is 0 Å². The maximum Gasteiger partial charge on any atom is 0.145 e. The molecule has 0 unspecified atom stereocenters. The molecule has 0 heterocycles. The Morgan fingerprint density at radius 1 is 1.17 bits per heavy atom. The summed E-state index contributed by atoms with van der Waals surface area (Å²) in [5.41, 5.74) is 0. The van der Waals surface area contributed by atoms with E-state index >= 15 is 0 Å². The average molecular weight is 168 g/mol. The van der Waals surface area contributed by atoms with Crippen molar-refractivity contribution in [1.82, 2.24) is 0 Å². The van der Waals surface area contributed by atoms with E-state index in [9.17, 15) is 9.59 Å². The Morgan fingerprint density at radius 3 is 2.00 bits per heavy atom. The normalized spacial score (nSPS) is 11.7. The fraction of sp³-hybridized carbons (Fsp3) is 0.500. The lowest BCUT2D eigenvalue weighted by atomic mass is 10.0. The second-order valence-electron chi connectivity index (χ2n) is 2.34. The molecular weight excluding hydrogens is 156 g/mol. The van der Waals surface area contributed by atoms with E-state index in [4.69, 9.17) is 0 Å². The fourth-order valence-corrected chi connectivity index (χ4v) is 0.668. The molecule has 0 amide bonds. The molecule has 0 N–H and O–H groups in total. The molecule has 0 aromatic heterocycles. The molecule has 0 aromatic rings. The minimum absolute atomic E-state index is 0.211. The Bertz CT molecular complexity index is 217. The van der Waals surface area contributed by atoms with Crippen molar-refractivity contribution in [2.75, 3.05) is 0 Å². The zero-order valence-corrected chi connectivity index (χ0v) is 7.44. The van der Waals surface area contributed by atoms with E-state index in [-0.39, 0.29) is 11.6 Å². The fourth-order valence-electron chi connectivity index (χ4n) is 0.668. The van der Waals surface area contributed by atoms with Gasteiger partial charge in [-0.15, -0.1) is 0 Å². The van der Waals surface area contributed by atoms with E-state index in [0.29, 0.717) is 0 Å². The average Bonchev–Trinajstić information content (AvgIpc) is 1.96. The number of nitrogens with zero attached hydrogens (tertiary/aromatic N) is 2. The van der Waals surface area contributed by atoms with Gasteiger partial charge in [-0.25, -0.2) is 0 Å². The van der Waals surface area contributed by atoms with Crippen LogP contribution in [-0.4, -0.2) is 24.0 Å². The Kier molecular flexibility index (Phi) is 4.76. The van der Waals surface area contributed by atoms with E-state index in [0.717, 1.165) is 0 Å². The van der Waals surface area contributed by atoms with Crippen LogP contribution in [-0.2, 0) is 9.59 Å². The second kappa shape index (κ2) is 5.35. The molecule has 0 saturated heterocycles. The quantitative estimate of drug-likeness (QED) is 0.355. The number of hydrogen-bond acceptors (Lipinski definition) is 4. The van der Waals surface area contributed by atoms with Gasteiger partial charge in [0.05, 0.1) is 0 Å². The molecule has 0 radical (unpaired) electrons. The molecule has 0 fully saturated rings. The standard InChI is InChI=1S/C8H12N2O2/c1-4-9-10-5-8(6(2)11)7(3)12/h4-5,8H,1-3H3/b9-4+,10-5+. The van der Waals surface area contributed by atoms with Gasteiger partial charge in [-0.2, -0.15) is 10.2 Å². The first-order chi connectivity index (χ1) is 5.59. The Morgan fingerprint density at radius 2 is 1.67 bits per heavy atom. The summed E-state index contributed by atoms with van der Waals surface area (Å²) in [4.78, 5) is 21.6. The second-order valence-corrected chi connectivity index (χ2v) is 2.34. The summed E-state index contributed by atoms with van der Waals surface area (Å²) in [6.07, 6.45) is 2.73. The molecule has 0 bridgehead atoms. The van der Waals surface area contributed by atoms with Crippen molar-refractivity contribution in [2.45, 2.75) is 20.8 Å². The molecule has 0 saturated carbocycles. The lowest BCUT2D eigenvalue weighted by Gasteiger charge is -1.99. The van der Waals surface area contributed by atoms with Gasteiger partial charge < -0.3 is 0 Å². The summed E-state index contributed by atoms with van der Waals surface area (Å²) in [5, 5.41) is 7.05. The highest BCUT2D eigenvalue weighted by Crippen LogP contribution is 1.96. The maximum atomic E-state index is 10.8. The van der Waals surface area contributed by atoms with E-state index in [2.05, 4.69) is 10.2 Å². The Labute approximate surface area is 71.4 Å². The minimum Gasteiger partial charge on any atom is -0.299 e. The van der Waals surface area contributed by atoms with Crippen molar-refractivity contribution in [3.8, 4) is 0 Å². The van der Waals surface area contributed by atoms with Gasteiger partial charge >= 0.3 is 0 Å². The van der Waals surface area contributed by atoms with E-state index in [1.165, 1.54) is 26.3 Å². The molecule has 0 atom stereocenters. The van der Waals surface area contributed by atoms with Gasteiger partial charge in [-0.1, -0.05) is 0 Å². The number of carbonyl (C=O) groups excluding carboxylic acids is 2. The molecular formula is C8H12N2O2. The third-order valence-corrected chi connectivity index (χ3v) is 1.27. The number of carbonyl (C=O) groups is 2. The van der Waals surface area contributed by atoms with Crippen LogP contribution >= 0.6 is 0 Å². The molecule has 0 spiro atoms. The van der Waals surface area contributed by atoms with Gasteiger partial charge in [0, 0.05) is 12.4 Å². The van der Waals surface area contributed by atoms with Crippen LogP contribution in [0.1, 0.15) is 20.8 Å². The highest BCUT2D eigenvalue weighted by Gasteiger charge is 2.16. The van der Waals surface area contributed by atoms with Gasteiger partial charge in [0.25, 0.3) is 0 Å². The van der Waals surface area contributed by atoms with Crippen molar-refractivity contribution >= 4 is 24.0 Å². The monoisotopic (exact) mass is 168 g/mol. The minimum atomic E-state index is -0.742. The molecule has 0 aliphatic rings. The predicted molar refractivity (Wildman–Crippen MR) is 47.5 cm³/mol. The van der Waals surface area contributed by atoms with Crippen LogP contribution in [0, 0.1) is 5.92 Å². The molecule has 12 heavy (non-hydrogen) atoms. The first-order valence-electron chi connectivity index (χ1n) is 3.61. The van der Waals surface area contributed by atoms with Crippen molar-refractivity contribution in [2.24, 2.45) is 16.1 Å². The van der Waals surface area contributed by atoms with E-state index in [1.807, 2.05) is 0 Å². The van der Waals surface area contributed by atoms with Crippen molar-refractivity contribution < 1.29 is 9.59 Å². The number of ketones is 2. The number of hydrogen-bond donors (Lipinski definition) is 0. The molecule has 66 valence electrons. The molecule has 0 aliphatic carbocycles. The van der Waals surface area contributed by atoms with Crippen LogP contribution in [0.2, 0.25) is 0 Å². The van der Waals surface area contributed by atoms with Crippen molar-refractivity contribution in [1.29, 1.82) is 0 Å². The predicted octanol–water partition coefficient (Wildman–Crippen LogP) is 0.857. The molecule has 4 heteroatoms. The lowest BCUT2D eigenvalue weighted by molar-refractivity contribution is -0.127. The number of rotatable bonds is 4. The Balaban J connectivity index is 4.33. The molecule has 4 nitrogen and oxygen atoms in total. The largest absolute Gasteiger partial charge is 0.299 e. The van der Waals surface area contributed by atoms with Gasteiger partial charge in [-0.3, -0.25) is 9.59 Å². The zero-order chi connectivity index (χ0) is 9.56. The summed E-state index contributed by atoms with van der Waals surface area (Å²) in [6.45, 7) is 4.41. The topological polar surface area (TPSA) is 58.9 Å². The highest BCUT2D eigenvalue weighted by atomic mass is 16.1. The van der Waals surface area contributed by atoms with Crippen molar-refractivity contribution in [3.63, 3.8) is 0 Å². The summed E-state index contributed by atoms with van der Waals surface area (Å²) in [7, 11) is 0. The highest BCUT2D eigenvalue weighted by molar-refractivity contribution is 6.12. The third kappa shape index (κ3) is 3.75. The van der Waals surface area contributed by atoms with Gasteiger partial charge in [-0.05, 0) is 20.8 Å². The van der Waals surface area contributed by atoms with Gasteiger partial charge in [0.1, 0.15) is 17.5 Å². The van der Waals surface area contributed by atoms with E-state index < -0.39 is 5.92 Å². The van der Waals surface area contributed by atoms with Crippen LogP contribution in [0.15, 0.2) is 10.2 Å². The van der Waals surface area contributed by atoms with Crippen LogP contribution in [0.5, 0.6) is 0 Å². The SMILES string of the molecule is C/C=N/N=C/C(C(C)=O)C(C)=O. The molecule has 0 rings (SSSR count). The first-order valence-corrected chi connectivity index (χ1v) is 3.61. The summed E-state index contributed by atoms with van der Waals surface area (Å²) in [6, 6.07) is 0. The zero-order valence-electron chi connectivity index (χ0n) is 7.44.